The van der Waals surface area contributed by atoms with Gasteiger partial charge in [-0.3, -0.25) is 4.79 Å². The minimum atomic E-state index is -2.82. The minimum absolute atomic E-state index is 0.175. The molecule has 0 saturated carbocycles. The van der Waals surface area contributed by atoms with Crippen molar-refractivity contribution in [1.82, 2.24) is 0 Å². The number of hydrogen-bond donors (Lipinski definition) is 0. The molecule has 2 aliphatic heterocycles. The number of methoxy groups -OCH3 is 1. The molecule has 2 heterocycles. The maximum absolute atomic E-state index is 12.7. The number of carbonyl (C=O) groups is 2. The van der Waals surface area contributed by atoms with Crippen LogP contribution >= 0.6 is 0 Å². The van der Waals surface area contributed by atoms with Crippen molar-refractivity contribution in [2.24, 2.45) is 5.41 Å². The number of hydrogen-bond acceptors (Lipinski definition) is 8. The van der Waals surface area contributed by atoms with Gasteiger partial charge in [0.25, 0.3) is 16.6 Å². The summed E-state index contributed by atoms with van der Waals surface area (Å²) in [6.07, 6.45) is 3.52. The second kappa shape index (κ2) is 20.0. The van der Waals surface area contributed by atoms with Gasteiger partial charge in [-0.15, -0.1) is 0 Å². The van der Waals surface area contributed by atoms with Gasteiger partial charge in [-0.1, -0.05) is 188 Å². The van der Waals surface area contributed by atoms with Gasteiger partial charge in [0, 0.05) is 39.9 Å². The largest absolute Gasteiger partial charge is 0.462 e. The molecule has 2 fully saturated rings. The summed E-state index contributed by atoms with van der Waals surface area (Å²) >= 11 is 0. The number of aldehydes is 1. The van der Waals surface area contributed by atoms with E-state index in [0.29, 0.717) is 45.3 Å². The first kappa shape index (κ1) is 48.4. The predicted octanol–water partition coefficient (Wildman–Crippen LogP) is 8.68. The molecule has 0 bridgehead atoms. The lowest BCUT2D eigenvalue weighted by atomic mass is 9.70. The summed E-state index contributed by atoms with van der Waals surface area (Å²) < 4.78 is 40.8. The molecule has 8 nitrogen and oxygen atoms in total. The summed E-state index contributed by atoms with van der Waals surface area (Å²) in [6, 6.07) is 42.4. The van der Waals surface area contributed by atoms with Gasteiger partial charge in [-0.25, -0.2) is 0 Å². The highest BCUT2D eigenvalue weighted by molar-refractivity contribution is 7.00. The van der Waals surface area contributed by atoms with Gasteiger partial charge in [0.15, 0.2) is 5.79 Å². The predicted molar refractivity (Wildman–Crippen MR) is 257 cm³/mol. The van der Waals surface area contributed by atoms with Crippen molar-refractivity contribution in [1.29, 1.82) is 0 Å². The summed E-state index contributed by atoms with van der Waals surface area (Å²) in [5.41, 5.74) is 0.309. The maximum atomic E-state index is 12.7. The summed E-state index contributed by atoms with van der Waals surface area (Å²) in [5, 5.41) is 4.48. The summed E-state index contributed by atoms with van der Waals surface area (Å²) in [5.74, 6) is -1.58. The van der Waals surface area contributed by atoms with Crippen LogP contribution in [0.15, 0.2) is 133 Å². The smallest absolute Gasteiger partial charge is 0.302 e. The lowest BCUT2D eigenvalue weighted by Crippen LogP contribution is -2.67. The number of benzene rings is 4. The fourth-order valence-corrected chi connectivity index (χ4v) is 19.4. The van der Waals surface area contributed by atoms with Gasteiger partial charge in [-0.05, 0) is 43.7 Å². The molecule has 0 amide bonds. The van der Waals surface area contributed by atoms with Crippen molar-refractivity contribution >= 4 is 49.6 Å². The SMILES string of the molecule is CO[C@@]1(C[C@@H]2C/C(=C/CO[Si](c3ccccc3)(c3ccccc3)C(C)(C)C)C[C@H](C=O)O2)O[C@H](CCO[Si](c2ccccc2)(c2ccccc2)C(C)(C)C)C[C@H](OC(C)=O)C1(C)C. The lowest BCUT2D eigenvalue weighted by Gasteiger charge is -2.55. The van der Waals surface area contributed by atoms with E-state index in [2.05, 4.69) is 145 Å². The van der Waals surface area contributed by atoms with Crippen LogP contribution in [-0.2, 0) is 37.4 Å². The van der Waals surface area contributed by atoms with Gasteiger partial charge < -0.3 is 32.6 Å². The quantitative estimate of drug-likeness (QED) is 0.0478. The highest BCUT2D eigenvalue weighted by Gasteiger charge is 2.59. The summed E-state index contributed by atoms with van der Waals surface area (Å²) in [4.78, 5) is 25.2. The molecule has 0 spiro atoms. The van der Waals surface area contributed by atoms with E-state index >= 15 is 0 Å². The maximum Gasteiger partial charge on any atom is 0.302 e. The van der Waals surface area contributed by atoms with E-state index in [1.165, 1.54) is 27.7 Å². The Kier molecular flexibility index (Phi) is 15.4. The highest BCUT2D eigenvalue weighted by atomic mass is 28.4. The molecule has 6 rings (SSSR count). The van der Waals surface area contributed by atoms with Crippen LogP contribution in [0.5, 0.6) is 0 Å². The second-order valence-electron chi connectivity index (χ2n) is 19.9. The average Bonchev–Trinajstić information content (AvgIpc) is 3.25. The zero-order valence-corrected chi connectivity index (χ0v) is 41.2. The minimum Gasteiger partial charge on any atom is -0.462 e. The molecule has 4 aromatic rings. The second-order valence-corrected chi connectivity index (χ2v) is 28.5. The van der Waals surface area contributed by atoms with Crippen molar-refractivity contribution in [3.63, 3.8) is 0 Å². The van der Waals surface area contributed by atoms with Crippen molar-refractivity contribution in [3.8, 4) is 0 Å². The molecule has 0 aromatic heterocycles. The molecule has 2 aliphatic rings. The van der Waals surface area contributed by atoms with E-state index in [9.17, 15) is 9.59 Å². The first-order valence-electron chi connectivity index (χ1n) is 22.6. The van der Waals surface area contributed by atoms with Crippen molar-refractivity contribution in [3.05, 3.63) is 133 Å². The summed E-state index contributed by atoms with van der Waals surface area (Å²) in [7, 11) is -3.95. The molecule has 0 radical (unpaired) electrons. The standard InChI is InChI=1S/C53H70O8Si2/c1-40(55)59-49-37-42(32-34-58-63(51(5,6)7,47-27-19-13-20-28-47)48-29-21-14-22-30-48)61-53(56-10,52(49,8)9)38-43-35-41(36-44(39-54)60-43)31-33-57-62(50(2,3)4,45-23-15-11-16-24-45)46-25-17-12-18-26-46/h11-31,39,42-44,49H,32-38H2,1-10H3/b41-31-/t42-,43+,44-,49+,53+/m1/s1. The van der Waals surface area contributed by atoms with Crippen LogP contribution in [0, 0.1) is 5.41 Å². The van der Waals surface area contributed by atoms with Gasteiger partial charge in [0.1, 0.15) is 18.5 Å². The fraction of sp³-hybridized carbons (Fsp3) is 0.472. The van der Waals surface area contributed by atoms with E-state index in [1.807, 2.05) is 38.1 Å². The zero-order valence-electron chi connectivity index (χ0n) is 39.2. The van der Waals surface area contributed by atoms with Gasteiger partial charge in [0.05, 0.1) is 24.2 Å². The van der Waals surface area contributed by atoms with E-state index < -0.39 is 46.1 Å². The lowest BCUT2D eigenvalue weighted by molar-refractivity contribution is -0.357. The Bertz CT molecular complexity index is 2040. The Hall–Kier alpha value is -4.01. The molecule has 5 atom stereocenters. The fourth-order valence-electron chi connectivity index (χ4n) is 10.3. The monoisotopic (exact) mass is 890 g/mol. The van der Waals surface area contributed by atoms with Crippen LogP contribution < -0.4 is 20.7 Å². The van der Waals surface area contributed by atoms with Gasteiger partial charge in [-0.2, -0.15) is 0 Å². The molecule has 338 valence electrons. The number of rotatable bonds is 16. The molecule has 10 heteroatoms. The Balaban J connectivity index is 1.27. The Labute approximate surface area is 378 Å². The normalized spacial score (nSPS) is 23.9. The third-order valence-corrected chi connectivity index (χ3v) is 23.5. The van der Waals surface area contributed by atoms with Gasteiger partial charge >= 0.3 is 5.97 Å². The average molecular weight is 891 g/mol. The van der Waals surface area contributed by atoms with Crippen LogP contribution in [-0.4, -0.2) is 79.4 Å². The third kappa shape index (κ3) is 10.1. The van der Waals surface area contributed by atoms with Gasteiger partial charge in [0.2, 0.25) is 0 Å². The number of carbonyl (C=O) groups excluding carboxylic acids is 2. The molecular weight excluding hydrogens is 821 g/mol. The van der Waals surface area contributed by atoms with Crippen LogP contribution in [0.1, 0.15) is 94.4 Å². The first-order chi connectivity index (χ1) is 29.9. The first-order valence-corrected chi connectivity index (χ1v) is 26.4. The molecule has 0 aliphatic carbocycles. The topological polar surface area (TPSA) is 89.5 Å². The molecule has 2 saturated heterocycles. The van der Waals surface area contributed by atoms with Crippen LogP contribution in [0.25, 0.3) is 0 Å². The third-order valence-electron chi connectivity index (χ3n) is 13.5. The molecule has 0 N–H and O–H groups in total. The van der Waals surface area contributed by atoms with Crippen molar-refractivity contribution in [2.75, 3.05) is 20.3 Å². The van der Waals surface area contributed by atoms with Crippen LogP contribution in [0.2, 0.25) is 10.1 Å². The Morgan fingerprint density at radius 3 is 1.59 bits per heavy atom. The summed E-state index contributed by atoms with van der Waals surface area (Å²) in [6.45, 7) is 20.0. The van der Waals surface area contributed by atoms with Crippen LogP contribution in [0.3, 0.4) is 0 Å². The van der Waals surface area contributed by atoms with E-state index in [-0.39, 0.29) is 22.1 Å². The Morgan fingerprint density at radius 2 is 1.17 bits per heavy atom. The van der Waals surface area contributed by atoms with E-state index in [1.54, 1.807) is 7.11 Å². The number of ether oxygens (including phenoxy) is 4. The molecule has 63 heavy (non-hydrogen) atoms. The highest BCUT2D eigenvalue weighted by Crippen LogP contribution is 2.51. The molecule has 0 unspecified atom stereocenters. The van der Waals surface area contributed by atoms with E-state index in [0.717, 1.165) is 11.9 Å². The van der Waals surface area contributed by atoms with Crippen LogP contribution in [0.4, 0.5) is 0 Å². The number of esters is 1. The van der Waals surface area contributed by atoms with E-state index in [4.69, 9.17) is 27.8 Å². The van der Waals surface area contributed by atoms with Crippen molar-refractivity contribution < 1.29 is 37.4 Å². The molecular formula is C53H70O8Si2. The molecule has 4 aromatic carbocycles. The Morgan fingerprint density at radius 1 is 0.714 bits per heavy atom. The van der Waals surface area contributed by atoms with Crippen molar-refractivity contribution in [2.45, 2.75) is 135 Å². The zero-order chi connectivity index (χ0) is 45.5.